The molecule has 0 atom stereocenters. The monoisotopic (exact) mass is 367 g/mol. The first-order valence-corrected chi connectivity index (χ1v) is 6.67. The molecule has 0 fully saturated rings. The topological polar surface area (TPSA) is 47.4 Å². The van der Waals surface area contributed by atoms with E-state index >= 15 is 0 Å². The Labute approximate surface area is 137 Å². The molecule has 1 amide bonds. The molecule has 5 nitrogen and oxygen atoms in total. The number of halogens is 6. The molecule has 11 heteroatoms. The summed E-state index contributed by atoms with van der Waals surface area (Å²) < 4.78 is 82.2. The molecular formula is C14H11F6N3O2. The summed E-state index contributed by atoms with van der Waals surface area (Å²) in [7, 11) is 1.31. The van der Waals surface area contributed by atoms with Gasteiger partial charge in [-0.05, 0) is 12.1 Å². The average molecular weight is 367 g/mol. The van der Waals surface area contributed by atoms with Gasteiger partial charge in [-0.25, -0.2) is 8.78 Å². The molecule has 0 unspecified atom stereocenters. The molecule has 2 aromatic rings. The number of amides is 1. The zero-order chi connectivity index (χ0) is 18.8. The lowest BCUT2D eigenvalue weighted by Gasteiger charge is -2.23. The molecule has 2 rings (SSSR count). The number of anilines is 2. The van der Waals surface area contributed by atoms with Gasteiger partial charge in [-0.3, -0.25) is 14.4 Å². The van der Waals surface area contributed by atoms with Crippen LogP contribution in [0.15, 0.2) is 30.5 Å². The molecule has 1 aromatic carbocycles. The number of ether oxygens (including phenoxy) is 1. The van der Waals surface area contributed by atoms with Gasteiger partial charge >= 0.3 is 12.5 Å². The van der Waals surface area contributed by atoms with Crippen molar-refractivity contribution in [1.29, 1.82) is 0 Å². The summed E-state index contributed by atoms with van der Waals surface area (Å²) in [5.74, 6) is -0.788. The maximum atomic E-state index is 13.2. The molecule has 0 saturated heterocycles. The molecule has 1 heterocycles. The quantitative estimate of drug-likeness (QED) is 0.551. The molecule has 25 heavy (non-hydrogen) atoms. The van der Waals surface area contributed by atoms with Crippen molar-refractivity contribution in [3.63, 3.8) is 0 Å². The molecular weight excluding hydrogens is 356 g/mol. The maximum Gasteiger partial charge on any atom is 0.461 e. The van der Waals surface area contributed by atoms with E-state index in [0.717, 1.165) is 23.0 Å². The molecule has 0 radical (unpaired) electrons. The van der Waals surface area contributed by atoms with E-state index in [9.17, 15) is 31.1 Å². The van der Waals surface area contributed by atoms with Crippen molar-refractivity contribution in [2.45, 2.75) is 19.0 Å². The highest BCUT2D eigenvalue weighted by atomic mass is 19.3. The number of hydrogen-bond acceptors (Lipinski definition) is 3. The number of carbonyl (C=O) groups excluding carboxylic acids is 1. The van der Waals surface area contributed by atoms with Crippen LogP contribution in [-0.4, -0.2) is 28.7 Å². The Balaban J connectivity index is 2.51. The van der Waals surface area contributed by atoms with Crippen LogP contribution in [0.5, 0.6) is 5.75 Å². The molecule has 0 spiro atoms. The van der Waals surface area contributed by atoms with Gasteiger partial charge in [0.05, 0.1) is 11.4 Å². The zero-order valence-corrected chi connectivity index (χ0v) is 12.5. The number of aryl methyl sites for hydroxylation is 1. The van der Waals surface area contributed by atoms with Crippen molar-refractivity contribution < 1.29 is 35.9 Å². The Morgan fingerprint density at radius 3 is 2.40 bits per heavy atom. The van der Waals surface area contributed by atoms with E-state index < -0.39 is 41.8 Å². The third-order valence-corrected chi connectivity index (χ3v) is 3.03. The van der Waals surface area contributed by atoms with Crippen molar-refractivity contribution >= 4 is 17.8 Å². The molecule has 0 N–H and O–H groups in total. The Bertz CT molecular complexity index is 750. The minimum atomic E-state index is -4.83. The second kappa shape index (κ2) is 7.03. The van der Waals surface area contributed by atoms with Crippen LogP contribution in [0.25, 0.3) is 0 Å². The molecule has 0 aliphatic rings. The number of carbonyl (C=O) groups is 1. The van der Waals surface area contributed by atoms with Gasteiger partial charge in [-0.1, -0.05) is 12.1 Å². The van der Waals surface area contributed by atoms with Crippen LogP contribution in [0.2, 0.25) is 0 Å². The van der Waals surface area contributed by atoms with Crippen LogP contribution in [0, 0.1) is 0 Å². The number of aromatic nitrogens is 2. The number of benzene rings is 1. The molecule has 0 aliphatic heterocycles. The van der Waals surface area contributed by atoms with Crippen LogP contribution < -0.4 is 9.64 Å². The summed E-state index contributed by atoms with van der Waals surface area (Å²) in [6.45, 7) is 0. The van der Waals surface area contributed by atoms with Gasteiger partial charge in [0.2, 0.25) is 6.41 Å². The van der Waals surface area contributed by atoms with Crippen molar-refractivity contribution in [3.05, 3.63) is 36.2 Å². The first-order valence-electron chi connectivity index (χ1n) is 6.67. The van der Waals surface area contributed by atoms with Gasteiger partial charge < -0.3 is 4.74 Å². The van der Waals surface area contributed by atoms with E-state index in [0.29, 0.717) is 4.90 Å². The molecule has 136 valence electrons. The van der Waals surface area contributed by atoms with Crippen molar-refractivity contribution in [2.24, 2.45) is 7.05 Å². The lowest BCUT2D eigenvalue weighted by molar-refractivity contribution is -0.253. The Morgan fingerprint density at radius 1 is 1.20 bits per heavy atom. The van der Waals surface area contributed by atoms with Gasteiger partial charge in [-0.15, -0.1) is 0 Å². The first-order chi connectivity index (χ1) is 11.7. The van der Waals surface area contributed by atoms with Crippen molar-refractivity contribution in [1.82, 2.24) is 9.78 Å². The lowest BCUT2D eigenvalue weighted by Crippen LogP contribution is -2.34. The fraction of sp³-hybridized carbons (Fsp3) is 0.286. The number of hydrogen-bond donors (Lipinski definition) is 0. The maximum absolute atomic E-state index is 13.2. The van der Waals surface area contributed by atoms with E-state index in [1.165, 1.54) is 19.2 Å². The minimum absolute atomic E-state index is 0.0611. The molecule has 0 aliphatic carbocycles. The van der Waals surface area contributed by atoms with Crippen molar-refractivity contribution in [3.8, 4) is 5.75 Å². The third kappa shape index (κ3) is 3.86. The standard InChI is InChI=1S/C14H11F6N3O2/c1-22-6-9(11(21-22)12(15)16)23(7-24)8-4-2-3-5-10(8)25-14(19,20)13(17)18/h2-7,12-13H,1H3. The van der Waals surface area contributed by atoms with Crippen molar-refractivity contribution in [2.75, 3.05) is 4.90 Å². The Hall–Kier alpha value is -2.72. The molecule has 1 aromatic heterocycles. The fourth-order valence-corrected chi connectivity index (χ4v) is 2.01. The Morgan fingerprint density at radius 2 is 1.84 bits per heavy atom. The van der Waals surface area contributed by atoms with Gasteiger partial charge in [0.25, 0.3) is 6.43 Å². The van der Waals surface area contributed by atoms with Crippen LogP contribution >= 0.6 is 0 Å². The fourth-order valence-electron chi connectivity index (χ4n) is 2.01. The third-order valence-electron chi connectivity index (χ3n) is 3.03. The van der Waals surface area contributed by atoms with Gasteiger partial charge in [0.1, 0.15) is 0 Å². The Kier molecular flexibility index (Phi) is 5.24. The van der Waals surface area contributed by atoms with Gasteiger partial charge in [0.15, 0.2) is 11.4 Å². The molecule has 0 bridgehead atoms. The van der Waals surface area contributed by atoms with Gasteiger partial charge in [0, 0.05) is 13.2 Å². The highest BCUT2D eigenvalue weighted by molar-refractivity contribution is 5.89. The number of para-hydroxylation sites is 2. The van der Waals surface area contributed by atoms with E-state index in [-0.39, 0.29) is 6.41 Å². The van der Waals surface area contributed by atoms with Gasteiger partial charge in [-0.2, -0.15) is 22.7 Å². The summed E-state index contributed by atoms with van der Waals surface area (Å²) in [4.78, 5) is 12.0. The van der Waals surface area contributed by atoms with Crippen LogP contribution in [0.3, 0.4) is 0 Å². The SMILES string of the molecule is Cn1cc(N(C=O)c2ccccc2OC(F)(F)C(F)F)c(C(F)F)n1. The van der Waals surface area contributed by atoms with Crippen LogP contribution in [0.4, 0.5) is 37.7 Å². The number of alkyl halides is 6. The highest BCUT2D eigenvalue weighted by Crippen LogP contribution is 2.39. The minimum Gasteiger partial charge on any atom is -0.426 e. The smallest absolute Gasteiger partial charge is 0.426 e. The number of rotatable bonds is 7. The summed E-state index contributed by atoms with van der Waals surface area (Å²) >= 11 is 0. The molecule has 0 saturated carbocycles. The van der Waals surface area contributed by atoms with Crippen LogP contribution in [0.1, 0.15) is 12.1 Å². The van der Waals surface area contributed by atoms with E-state index in [1.807, 2.05) is 0 Å². The number of nitrogens with zero attached hydrogens (tertiary/aromatic N) is 3. The second-order valence-electron chi connectivity index (χ2n) is 4.78. The van der Waals surface area contributed by atoms with E-state index in [4.69, 9.17) is 0 Å². The predicted molar refractivity (Wildman–Crippen MR) is 74.4 cm³/mol. The lowest BCUT2D eigenvalue weighted by atomic mass is 10.2. The average Bonchev–Trinajstić information content (AvgIpc) is 2.91. The first kappa shape index (κ1) is 18.6. The zero-order valence-electron chi connectivity index (χ0n) is 12.5. The summed E-state index contributed by atoms with van der Waals surface area (Å²) in [6.07, 6.45) is -10.9. The summed E-state index contributed by atoms with van der Waals surface area (Å²) in [5.41, 5.74) is -1.61. The van der Waals surface area contributed by atoms with E-state index in [2.05, 4.69) is 9.84 Å². The van der Waals surface area contributed by atoms with Crippen LogP contribution in [-0.2, 0) is 11.8 Å². The summed E-state index contributed by atoms with van der Waals surface area (Å²) in [5, 5.41) is 3.49. The normalized spacial score (nSPS) is 11.9. The summed E-state index contributed by atoms with van der Waals surface area (Å²) in [6, 6.07) is 4.46. The van der Waals surface area contributed by atoms with E-state index in [1.54, 1.807) is 0 Å². The predicted octanol–water partition coefficient (Wildman–Crippen LogP) is 3.89. The second-order valence-corrected chi connectivity index (χ2v) is 4.78. The largest absolute Gasteiger partial charge is 0.461 e. The highest BCUT2D eigenvalue weighted by Gasteiger charge is 2.44.